The second-order valence-electron chi connectivity index (χ2n) is 6.33. The van der Waals surface area contributed by atoms with Gasteiger partial charge in [0.2, 0.25) is 0 Å². The Balaban J connectivity index is 1.89. The van der Waals surface area contributed by atoms with E-state index in [2.05, 4.69) is 0 Å². The first kappa shape index (κ1) is 21.4. The third-order valence-corrected chi connectivity index (χ3v) is 4.36. The Morgan fingerprint density at radius 1 is 1.00 bits per heavy atom. The molecule has 0 aliphatic carbocycles. The number of hydrogen-bond donors (Lipinski definition) is 0. The van der Waals surface area contributed by atoms with Crippen LogP contribution in [-0.2, 0) is 20.7 Å². The molecule has 0 N–H and O–H groups in total. The quantitative estimate of drug-likeness (QED) is 0.233. The maximum atomic E-state index is 12.4. The molecule has 0 amide bonds. The molecule has 1 aromatic heterocycles. The van der Waals surface area contributed by atoms with Crippen LogP contribution in [0.2, 0.25) is 0 Å². The second-order valence-corrected chi connectivity index (χ2v) is 6.33. The predicted octanol–water partition coefficient (Wildman–Crippen LogP) is 3.61. The van der Waals surface area contributed by atoms with E-state index in [0.717, 1.165) is 7.11 Å². The number of carbonyl (C=O) groups excluding carboxylic acids is 3. The summed E-state index contributed by atoms with van der Waals surface area (Å²) in [7, 11) is 1.11. The number of methoxy groups -OCH3 is 1. The molecule has 9 heteroatoms. The zero-order valence-corrected chi connectivity index (χ0v) is 16.4. The third-order valence-electron chi connectivity index (χ3n) is 4.36. The van der Waals surface area contributed by atoms with E-state index in [1.54, 1.807) is 60.7 Å². The van der Waals surface area contributed by atoms with Crippen molar-refractivity contribution in [2.45, 2.75) is 6.42 Å². The van der Waals surface area contributed by atoms with Gasteiger partial charge in [0.05, 0.1) is 19.1 Å². The fourth-order valence-corrected chi connectivity index (χ4v) is 2.92. The van der Waals surface area contributed by atoms with Gasteiger partial charge in [0.25, 0.3) is 0 Å². The van der Waals surface area contributed by atoms with Crippen LogP contribution in [0.4, 0.5) is 5.88 Å². The Morgan fingerprint density at radius 2 is 1.61 bits per heavy atom. The first-order valence-electron chi connectivity index (χ1n) is 9.10. The number of benzene rings is 2. The molecule has 2 aromatic carbocycles. The molecule has 31 heavy (non-hydrogen) atoms. The van der Waals surface area contributed by atoms with Crippen molar-refractivity contribution in [2.75, 3.05) is 13.7 Å². The largest absolute Gasteiger partial charge is 0.465 e. The van der Waals surface area contributed by atoms with E-state index in [0.29, 0.717) is 11.1 Å². The molecule has 1 heterocycles. The lowest BCUT2D eigenvalue weighted by molar-refractivity contribution is -0.402. The number of Topliss-reactive ketones (excluding diaryl/α,β-unsaturated/α-hetero) is 1. The monoisotopic (exact) mass is 423 g/mol. The van der Waals surface area contributed by atoms with Crippen LogP contribution in [0.3, 0.4) is 0 Å². The minimum absolute atomic E-state index is 0.0951. The smallest absolute Gasteiger partial charge is 0.438 e. The Labute approximate surface area is 176 Å². The molecule has 9 nitrogen and oxygen atoms in total. The van der Waals surface area contributed by atoms with Crippen molar-refractivity contribution in [1.82, 2.24) is 0 Å². The van der Waals surface area contributed by atoms with E-state index < -0.39 is 41.6 Å². The van der Waals surface area contributed by atoms with Crippen LogP contribution in [0.25, 0.3) is 11.3 Å². The van der Waals surface area contributed by atoms with Gasteiger partial charge in [0, 0.05) is 11.1 Å². The highest BCUT2D eigenvalue weighted by Gasteiger charge is 2.35. The molecule has 0 saturated carbocycles. The number of nitrogens with zero attached hydrogens (tertiary/aromatic N) is 1. The molecule has 0 unspecified atom stereocenters. The summed E-state index contributed by atoms with van der Waals surface area (Å²) >= 11 is 0. The second kappa shape index (κ2) is 9.49. The molecular weight excluding hydrogens is 406 g/mol. The first-order chi connectivity index (χ1) is 14.9. The van der Waals surface area contributed by atoms with Gasteiger partial charge in [0.1, 0.15) is 10.5 Å². The summed E-state index contributed by atoms with van der Waals surface area (Å²) in [5.41, 5.74) is 0.218. The average Bonchev–Trinajstić information content (AvgIpc) is 3.17. The summed E-state index contributed by atoms with van der Waals surface area (Å²) in [5.74, 6) is -3.14. The van der Waals surface area contributed by atoms with Crippen LogP contribution in [0.5, 0.6) is 0 Å². The molecule has 3 aromatic rings. The SMILES string of the molecule is COC(=O)c1c(-c2ccccc2)oc([N+](=O)[O-])c1CC(=O)OCC(=O)c1ccccc1. The van der Waals surface area contributed by atoms with E-state index in [1.807, 2.05) is 0 Å². The number of esters is 2. The maximum Gasteiger partial charge on any atom is 0.438 e. The van der Waals surface area contributed by atoms with Crippen molar-refractivity contribution >= 4 is 23.6 Å². The fourth-order valence-electron chi connectivity index (χ4n) is 2.92. The zero-order valence-electron chi connectivity index (χ0n) is 16.4. The Kier molecular flexibility index (Phi) is 6.56. The summed E-state index contributed by atoms with van der Waals surface area (Å²) in [5, 5.41) is 11.5. The standard InChI is InChI=1S/C22H17NO8/c1-29-22(26)19-16(12-18(25)30-13-17(24)14-8-4-2-5-9-14)21(23(27)28)31-20(19)15-10-6-3-7-11-15/h2-11H,12-13H2,1H3. The van der Waals surface area contributed by atoms with Gasteiger partial charge >= 0.3 is 17.8 Å². The lowest BCUT2D eigenvalue weighted by atomic mass is 10.0. The van der Waals surface area contributed by atoms with Crippen molar-refractivity contribution in [3.8, 4) is 11.3 Å². The van der Waals surface area contributed by atoms with E-state index in [4.69, 9.17) is 13.9 Å². The lowest BCUT2D eigenvalue weighted by Gasteiger charge is -2.05. The maximum absolute atomic E-state index is 12.4. The average molecular weight is 423 g/mol. The topological polar surface area (TPSA) is 126 Å². The molecule has 0 spiro atoms. The highest BCUT2D eigenvalue weighted by molar-refractivity contribution is 6.00. The molecular formula is C22H17NO8. The van der Waals surface area contributed by atoms with Gasteiger partial charge in [-0.3, -0.25) is 19.7 Å². The minimum atomic E-state index is -0.932. The van der Waals surface area contributed by atoms with E-state index in [9.17, 15) is 24.5 Å². The number of ketones is 1. The van der Waals surface area contributed by atoms with Gasteiger partial charge in [-0.15, -0.1) is 0 Å². The highest BCUT2D eigenvalue weighted by atomic mass is 16.6. The Hall–Kier alpha value is -4.27. The number of ether oxygens (including phenoxy) is 2. The molecule has 0 radical (unpaired) electrons. The Morgan fingerprint density at radius 3 is 2.19 bits per heavy atom. The van der Waals surface area contributed by atoms with Gasteiger partial charge in [-0.05, 0) is 0 Å². The minimum Gasteiger partial charge on any atom is -0.465 e. The summed E-state index contributed by atoms with van der Waals surface area (Å²) in [6.45, 7) is -0.548. The number of rotatable bonds is 8. The Bertz CT molecular complexity index is 1120. The normalized spacial score (nSPS) is 10.4. The molecule has 0 saturated heterocycles. The summed E-state index contributed by atoms with van der Waals surface area (Å²) < 4.78 is 15.1. The zero-order chi connectivity index (χ0) is 22.4. The van der Waals surface area contributed by atoms with Gasteiger partial charge in [0.15, 0.2) is 18.2 Å². The van der Waals surface area contributed by atoms with E-state index >= 15 is 0 Å². The van der Waals surface area contributed by atoms with Crippen LogP contribution in [-0.4, -0.2) is 36.4 Å². The fraction of sp³-hybridized carbons (Fsp3) is 0.136. The van der Waals surface area contributed by atoms with Gasteiger partial charge in [-0.25, -0.2) is 4.79 Å². The number of nitro groups is 1. The van der Waals surface area contributed by atoms with E-state index in [1.165, 1.54) is 0 Å². The molecule has 0 fully saturated rings. The lowest BCUT2D eigenvalue weighted by Crippen LogP contribution is -2.17. The predicted molar refractivity (Wildman–Crippen MR) is 108 cm³/mol. The van der Waals surface area contributed by atoms with Gasteiger partial charge in [-0.2, -0.15) is 0 Å². The van der Waals surface area contributed by atoms with E-state index in [-0.39, 0.29) is 16.9 Å². The van der Waals surface area contributed by atoms with Crippen LogP contribution >= 0.6 is 0 Å². The van der Waals surface area contributed by atoms with Crippen molar-refractivity contribution in [2.24, 2.45) is 0 Å². The molecule has 158 valence electrons. The van der Waals surface area contributed by atoms with Crippen molar-refractivity contribution < 1.29 is 33.2 Å². The first-order valence-corrected chi connectivity index (χ1v) is 9.10. The molecule has 3 rings (SSSR count). The van der Waals surface area contributed by atoms with Gasteiger partial charge < -0.3 is 13.9 Å². The summed E-state index contributed by atoms with van der Waals surface area (Å²) in [4.78, 5) is 47.5. The number of hydrogen-bond acceptors (Lipinski definition) is 8. The molecule has 0 aliphatic rings. The highest BCUT2D eigenvalue weighted by Crippen LogP contribution is 2.37. The summed E-state index contributed by atoms with van der Waals surface area (Å²) in [6, 6.07) is 16.4. The van der Waals surface area contributed by atoms with Crippen LogP contribution in [0.1, 0.15) is 26.3 Å². The third kappa shape index (κ3) is 4.84. The van der Waals surface area contributed by atoms with Crippen molar-refractivity contribution in [1.29, 1.82) is 0 Å². The van der Waals surface area contributed by atoms with Crippen LogP contribution in [0.15, 0.2) is 65.1 Å². The molecule has 0 bridgehead atoms. The van der Waals surface area contributed by atoms with Crippen LogP contribution in [0, 0.1) is 10.1 Å². The van der Waals surface area contributed by atoms with Crippen LogP contribution < -0.4 is 0 Å². The molecule has 0 aliphatic heterocycles. The van der Waals surface area contributed by atoms with Crippen molar-refractivity contribution in [3.05, 3.63) is 87.5 Å². The summed E-state index contributed by atoms with van der Waals surface area (Å²) in [6.07, 6.45) is -0.654. The number of carbonyl (C=O) groups is 3. The van der Waals surface area contributed by atoms with Gasteiger partial charge in [-0.1, -0.05) is 60.7 Å². The van der Waals surface area contributed by atoms with Crippen molar-refractivity contribution in [3.63, 3.8) is 0 Å². The number of furan rings is 1. The molecule has 0 atom stereocenters.